The van der Waals surface area contributed by atoms with Crippen LogP contribution in [0, 0.1) is 0 Å². The van der Waals surface area contributed by atoms with Crippen LogP contribution >= 0.6 is 0 Å². The van der Waals surface area contributed by atoms with Gasteiger partial charge in [0.25, 0.3) is 20.2 Å². The fourth-order valence-electron chi connectivity index (χ4n) is 0.550. The van der Waals surface area contributed by atoms with Crippen molar-refractivity contribution < 1.29 is 25.2 Å². The molecule has 0 amide bonds. The van der Waals surface area contributed by atoms with Crippen LogP contribution in [-0.2, 0) is 28.6 Å². The molecule has 0 bridgehead atoms. The lowest BCUT2D eigenvalue weighted by Crippen LogP contribution is -2.22. The molecule has 0 aromatic heterocycles. The van der Waals surface area contributed by atoms with Crippen LogP contribution in [0.1, 0.15) is 0 Å². The molecule has 0 saturated heterocycles. The summed E-state index contributed by atoms with van der Waals surface area (Å²) in [5.74, 6) is 0. The van der Waals surface area contributed by atoms with Gasteiger partial charge in [0.1, 0.15) is 6.10 Å². The molecule has 0 aromatic rings. The molecule has 1 unspecified atom stereocenters. The summed E-state index contributed by atoms with van der Waals surface area (Å²) in [6.45, 7) is 2.87. The minimum Gasteiger partial charge on any atom is -0.267 e. The molecular formula is C6H12O6S2. The minimum atomic E-state index is -3.65. The highest BCUT2D eigenvalue weighted by Gasteiger charge is 2.14. The van der Waals surface area contributed by atoms with Crippen LogP contribution in [0.5, 0.6) is 0 Å². The summed E-state index contributed by atoms with van der Waals surface area (Å²) in [6.07, 6.45) is 1.85. The van der Waals surface area contributed by atoms with Crippen molar-refractivity contribution in [3.63, 3.8) is 0 Å². The van der Waals surface area contributed by atoms with Crippen molar-refractivity contribution in [1.82, 2.24) is 0 Å². The Morgan fingerprint density at radius 2 is 1.71 bits per heavy atom. The van der Waals surface area contributed by atoms with Crippen LogP contribution in [0.3, 0.4) is 0 Å². The second-order valence-electron chi connectivity index (χ2n) is 2.56. The number of hydrogen-bond acceptors (Lipinski definition) is 6. The van der Waals surface area contributed by atoms with E-state index in [2.05, 4.69) is 14.9 Å². The van der Waals surface area contributed by atoms with E-state index in [1.165, 1.54) is 0 Å². The van der Waals surface area contributed by atoms with Crippen molar-refractivity contribution in [3.8, 4) is 0 Å². The third kappa shape index (κ3) is 8.17. The van der Waals surface area contributed by atoms with Crippen LogP contribution in [0.4, 0.5) is 0 Å². The van der Waals surface area contributed by atoms with Crippen LogP contribution in [0.2, 0.25) is 0 Å². The zero-order valence-electron chi connectivity index (χ0n) is 7.83. The van der Waals surface area contributed by atoms with Crippen LogP contribution < -0.4 is 0 Å². The lowest BCUT2D eigenvalue weighted by Gasteiger charge is -2.10. The van der Waals surface area contributed by atoms with Gasteiger partial charge in [0.2, 0.25) is 0 Å². The van der Waals surface area contributed by atoms with E-state index in [4.69, 9.17) is 0 Å². The summed E-state index contributed by atoms with van der Waals surface area (Å²) in [4.78, 5) is 0. The average Bonchev–Trinajstić information content (AvgIpc) is 1.94. The Hall–Kier alpha value is -0.440. The van der Waals surface area contributed by atoms with E-state index in [-0.39, 0.29) is 0 Å². The first-order valence-electron chi connectivity index (χ1n) is 3.49. The van der Waals surface area contributed by atoms with Gasteiger partial charge in [-0.3, -0.25) is 8.37 Å². The Bertz CT molecular complexity index is 379. The Kier molecular flexibility index (Phi) is 4.72. The summed E-state index contributed by atoms with van der Waals surface area (Å²) < 4.78 is 51.2. The lowest BCUT2D eigenvalue weighted by atomic mass is 10.4. The maximum atomic E-state index is 10.7. The summed E-state index contributed by atoms with van der Waals surface area (Å²) in [5.41, 5.74) is 0. The second kappa shape index (κ2) is 4.87. The first-order valence-corrected chi connectivity index (χ1v) is 7.12. The van der Waals surface area contributed by atoms with Crippen LogP contribution in [0.25, 0.3) is 0 Å². The van der Waals surface area contributed by atoms with Crippen LogP contribution in [0.15, 0.2) is 12.7 Å². The third-order valence-electron chi connectivity index (χ3n) is 1.01. The molecule has 0 aliphatic carbocycles. The summed E-state index contributed by atoms with van der Waals surface area (Å²) in [7, 11) is -7.26. The van der Waals surface area contributed by atoms with Gasteiger partial charge in [-0.1, -0.05) is 6.08 Å². The van der Waals surface area contributed by atoms with Gasteiger partial charge in [-0.2, -0.15) is 16.8 Å². The van der Waals surface area contributed by atoms with Crippen molar-refractivity contribution in [3.05, 3.63) is 12.7 Å². The van der Waals surface area contributed by atoms with E-state index in [1.54, 1.807) is 0 Å². The van der Waals surface area contributed by atoms with Gasteiger partial charge in [-0.05, 0) is 0 Å². The molecular weight excluding hydrogens is 232 g/mol. The molecule has 0 heterocycles. The standard InChI is InChI=1S/C6H12O6S2/c1-4-6(12-14(3,9)10)5-11-13(2,7)8/h4,6H,1,5H2,2-3H3. The van der Waals surface area contributed by atoms with Gasteiger partial charge in [-0.15, -0.1) is 6.58 Å². The van der Waals surface area contributed by atoms with E-state index >= 15 is 0 Å². The van der Waals surface area contributed by atoms with E-state index in [1.807, 2.05) is 0 Å². The zero-order chi connectivity index (χ0) is 11.4. The van der Waals surface area contributed by atoms with E-state index in [0.29, 0.717) is 0 Å². The fourth-order valence-corrected chi connectivity index (χ4v) is 1.51. The first-order chi connectivity index (χ1) is 6.14. The molecule has 0 fully saturated rings. The molecule has 84 valence electrons. The van der Waals surface area contributed by atoms with Gasteiger partial charge in [-0.25, -0.2) is 0 Å². The Morgan fingerprint density at radius 1 is 1.21 bits per heavy atom. The lowest BCUT2D eigenvalue weighted by molar-refractivity contribution is 0.175. The molecule has 6 nitrogen and oxygen atoms in total. The molecule has 1 atom stereocenters. The minimum absolute atomic E-state index is 0.407. The summed E-state index contributed by atoms with van der Waals surface area (Å²) in [6, 6.07) is 0. The van der Waals surface area contributed by atoms with E-state index < -0.39 is 32.9 Å². The molecule has 0 rings (SSSR count). The van der Waals surface area contributed by atoms with Crippen molar-refractivity contribution >= 4 is 20.2 Å². The first kappa shape index (κ1) is 13.6. The predicted octanol–water partition coefficient (Wildman–Crippen LogP) is -0.507. The van der Waals surface area contributed by atoms with Crippen molar-refractivity contribution in [2.75, 3.05) is 19.1 Å². The topological polar surface area (TPSA) is 86.7 Å². The highest BCUT2D eigenvalue weighted by molar-refractivity contribution is 7.86. The van der Waals surface area contributed by atoms with Crippen LogP contribution in [-0.4, -0.2) is 42.1 Å². The molecule has 0 spiro atoms. The third-order valence-corrected chi connectivity index (χ3v) is 2.17. The van der Waals surface area contributed by atoms with E-state index in [0.717, 1.165) is 18.6 Å². The highest BCUT2D eigenvalue weighted by Crippen LogP contribution is 2.01. The zero-order valence-corrected chi connectivity index (χ0v) is 9.47. The SMILES string of the molecule is C=CC(COS(C)(=O)=O)OS(C)(=O)=O. The van der Waals surface area contributed by atoms with Crippen molar-refractivity contribution in [2.45, 2.75) is 6.10 Å². The monoisotopic (exact) mass is 244 g/mol. The van der Waals surface area contributed by atoms with Gasteiger partial charge >= 0.3 is 0 Å². The van der Waals surface area contributed by atoms with Crippen molar-refractivity contribution in [1.29, 1.82) is 0 Å². The molecule has 0 N–H and O–H groups in total. The molecule has 0 saturated carbocycles. The average molecular weight is 244 g/mol. The maximum Gasteiger partial charge on any atom is 0.265 e. The molecule has 14 heavy (non-hydrogen) atoms. The predicted molar refractivity (Wildman–Crippen MR) is 50.7 cm³/mol. The Labute approximate surface area is 83.8 Å². The molecule has 0 aromatic carbocycles. The van der Waals surface area contributed by atoms with Gasteiger partial charge < -0.3 is 0 Å². The highest BCUT2D eigenvalue weighted by atomic mass is 32.2. The largest absolute Gasteiger partial charge is 0.267 e. The number of rotatable bonds is 6. The fraction of sp³-hybridized carbons (Fsp3) is 0.667. The second-order valence-corrected chi connectivity index (χ2v) is 5.81. The van der Waals surface area contributed by atoms with Gasteiger partial charge in [0.05, 0.1) is 19.1 Å². The summed E-state index contributed by atoms with van der Waals surface area (Å²) >= 11 is 0. The Balaban J connectivity index is 4.26. The quantitative estimate of drug-likeness (QED) is 0.462. The summed E-state index contributed by atoms with van der Waals surface area (Å²) in [5, 5.41) is 0. The van der Waals surface area contributed by atoms with Gasteiger partial charge in [0.15, 0.2) is 0 Å². The van der Waals surface area contributed by atoms with E-state index in [9.17, 15) is 16.8 Å². The Morgan fingerprint density at radius 3 is 2.00 bits per heavy atom. The molecule has 8 heteroatoms. The maximum absolute atomic E-state index is 10.7. The van der Waals surface area contributed by atoms with Gasteiger partial charge in [0, 0.05) is 0 Å². The molecule has 0 aliphatic heterocycles. The number of hydrogen-bond donors (Lipinski definition) is 0. The molecule has 0 radical (unpaired) electrons. The smallest absolute Gasteiger partial charge is 0.265 e. The van der Waals surface area contributed by atoms with Crippen molar-refractivity contribution in [2.24, 2.45) is 0 Å². The normalized spacial score (nSPS) is 15.0. The molecule has 0 aliphatic rings.